The van der Waals surface area contributed by atoms with E-state index in [1.165, 1.54) is 0 Å². The van der Waals surface area contributed by atoms with Crippen LogP contribution in [0.5, 0.6) is 0 Å². The molecule has 8 rings (SSSR count). The minimum atomic E-state index is 0.591. The molecule has 6 nitrogen and oxygen atoms in total. The molecule has 0 spiro atoms. The predicted octanol–water partition coefficient (Wildman–Crippen LogP) is 9.65. The molecule has 0 aliphatic heterocycles. The largest absolute Gasteiger partial charge is 0.244 e. The van der Waals surface area contributed by atoms with Crippen LogP contribution >= 0.6 is 0 Å². The molecule has 6 heteroatoms. The SMILES string of the molecule is N#Cc1ccc(-c2nc3cc(-c4ccc5nc(-c6ccccc6)c(-c6ccc(C#N)cc6)nc5c4)ccc3nc2-c2ccccc2)cc1. The third kappa shape index (κ3) is 5.30. The number of nitriles is 2. The van der Waals surface area contributed by atoms with Gasteiger partial charge in [-0.3, -0.25) is 0 Å². The van der Waals surface area contributed by atoms with Crippen molar-refractivity contribution in [3.8, 4) is 68.3 Å². The molecule has 0 fully saturated rings. The van der Waals surface area contributed by atoms with Gasteiger partial charge in [0, 0.05) is 22.3 Å². The molecule has 222 valence electrons. The molecule has 0 saturated carbocycles. The summed E-state index contributed by atoms with van der Waals surface area (Å²) in [6.07, 6.45) is 0. The van der Waals surface area contributed by atoms with Crippen LogP contribution in [0.15, 0.2) is 146 Å². The number of benzene rings is 6. The van der Waals surface area contributed by atoms with Crippen LogP contribution < -0.4 is 0 Å². The minimum absolute atomic E-state index is 0.591. The molecule has 0 unspecified atom stereocenters. The standard InChI is InChI=1S/C42H24N6/c43-25-27-11-15-31(16-12-27)41-39(29-7-3-1-4-8-29)45-35-21-19-33(23-37(35)47-41)34-20-22-36-38(24-34)48-42(32-17-13-28(26-44)14-18-32)40(46-36)30-9-5-2-6-10-30/h1-24H. The Morgan fingerprint density at radius 2 is 0.625 bits per heavy atom. The molecule has 0 amide bonds. The van der Waals surface area contributed by atoms with Crippen molar-refractivity contribution >= 4 is 22.1 Å². The van der Waals surface area contributed by atoms with Crippen molar-refractivity contribution in [1.82, 2.24) is 19.9 Å². The van der Waals surface area contributed by atoms with E-state index in [1.807, 2.05) is 97.1 Å². The highest BCUT2D eigenvalue weighted by Crippen LogP contribution is 2.35. The fraction of sp³-hybridized carbons (Fsp3) is 0. The van der Waals surface area contributed by atoms with E-state index < -0.39 is 0 Å². The first-order valence-corrected chi connectivity index (χ1v) is 15.4. The van der Waals surface area contributed by atoms with Crippen LogP contribution in [0.25, 0.3) is 78.2 Å². The summed E-state index contributed by atoms with van der Waals surface area (Å²) in [6, 6.07) is 51.5. The number of hydrogen-bond acceptors (Lipinski definition) is 6. The topological polar surface area (TPSA) is 99.1 Å². The van der Waals surface area contributed by atoms with E-state index in [9.17, 15) is 10.5 Å². The molecule has 48 heavy (non-hydrogen) atoms. The quantitative estimate of drug-likeness (QED) is 0.192. The molecule has 0 aliphatic carbocycles. The van der Waals surface area contributed by atoms with Gasteiger partial charge in [0.15, 0.2) is 0 Å². The monoisotopic (exact) mass is 612 g/mol. The van der Waals surface area contributed by atoms with Crippen LogP contribution in [0.4, 0.5) is 0 Å². The van der Waals surface area contributed by atoms with E-state index in [4.69, 9.17) is 19.9 Å². The first-order chi connectivity index (χ1) is 23.7. The first kappa shape index (κ1) is 28.5. The lowest BCUT2D eigenvalue weighted by Gasteiger charge is -2.13. The Kier molecular flexibility index (Phi) is 7.15. The molecule has 8 aromatic rings. The molecule has 0 aliphatic rings. The highest BCUT2D eigenvalue weighted by atomic mass is 14.8. The highest BCUT2D eigenvalue weighted by molar-refractivity contribution is 5.92. The van der Waals surface area contributed by atoms with Crippen molar-refractivity contribution in [3.63, 3.8) is 0 Å². The number of hydrogen-bond donors (Lipinski definition) is 0. The summed E-state index contributed by atoms with van der Waals surface area (Å²) in [5, 5.41) is 18.7. The van der Waals surface area contributed by atoms with Crippen molar-refractivity contribution in [1.29, 1.82) is 10.5 Å². The van der Waals surface area contributed by atoms with E-state index >= 15 is 0 Å². The van der Waals surface area contributed by atoms with Gasteiger partial charge in [0.1, 0.15) is 0 Å². The third-order valence-electron chi connectivity index (χ3n) is 8.33. The molecule has 0 bridgehead atoms. The molecule has 0 radical (unpaired) electrons. The maximum atomic E-state index is 9.34. The number of nitrogens with zero attached hydrogens (tertiary/aromatic N) is 6. The van der Waals surface area contributed by atoms with E-state index in [0.29, 0.717) is 11.1 Å². The summed E-state index contributed by atoms with van der Waals surface area (Å²) in [5.41, 5.74) is 13.0. The van der Waals surface area contributed by atoms with E-state index in [0.717, 1.165) is 78.2 Å². The Bertz CT molecular complexity index is 2370. The molecule has 0 saturated heterocycles. The van der Waals surface area contributed by atoms with Gasteiger partial charge < -0.3 is 0 Å². The predicted molar refractivity (Wildman–Crippen MR) is 189 cm³/mol. The summed E-state index contributed by atoms with van der Waals surface area (Å²) in [6.45, 7) is 0. The average molecular weight is 613 g/mol. The zero-order valence-electron chi connectivity index (χ0n) is 25.5. The maximum absolute atomic E-state index is 9.34. The number of aromatic nitrogens is 4. The number of fused-ring (bicyclic) bond motifs is 2. The Balaban J connectivity index is 1.26. The van der Waals surface area contributed by atoms with Crippen molar-refractivity contribution in [2.24, 2.45) is 0 Å². The van der Waals surface area contributed by atoms with Crippen LogP contribution in [0.2, 0.25) is 0 Å². The van der Waals surface area contributed by atoms with Crippen molar-refractivity contribution < 1.29 is 0 Å². The minimum Gasteiger partial charge on any atom is -0.244 e. The zero-order chi connectivity index (χ0) is 32.5. The lowest BCUT2D eigenvalue weighted by atomic mass is 10.0. The fourth-order valence-electron chi connectivity index (χ4n) is 5.87. The molecule has 0 atom stereocenters. The Morgan fingerprint density at radius 1 is 0.312 bits per heavy atom. The van der Waals surface area contributed by atoms with Gasteiger partial charge in [-0.1, -0.05) is 97.1 Å². The second-order valence-corrected chi connectivity index (χ2v) is 11.4. The van der Waals surface area contributed by atoms with Gasteiger partial charge in [-0.05, 0) is 59.7 Å². The van der Waals surface area contributed by atoms with Gasteiger partial charge in [-0.25, -0.2) is 19.9 Å². The summed E-state index contributed by atoms with van der Waals surface area (Å²) in [4.78, 5) is 20.4. The van der Waals surface area contributed by atoms with Crippen molar-refractivity contribution in [2.45, 2.75) is 0 Å². The molecule has 0 N–H and O–H groups in total. The van der Waals surface area contributed by atoms with Crippen LogP contribution in [0.1, 0.15) is 11.1 Å². The number of rotatable bonds is 5. The van der Waals surface area contributed by atoms with E-state index in [2.05, 4.69) is 36.4 Å². The fourth-order valence-corrected chi connectivity index (χ4v) is 5.87. The summed E-state index contributed by atoms with van der Waals surface area (Å²) >= 11 is 0. The average Bonchev–Trinajstić information content (AvgIpc) is 3.17. The Labute approximate surface area is 276 Å². The van der Waals surface area contributed by atoms with Gasteiger partial charge in [0.05, 0.1) is 68.1 Å². The zero-order valence-corrected chi connectivity index (χ0v) is 25.5. The maximum Gasteiger partial charge on any atom is 0.0991 e. The van der Waals surface area contributed by atoms with Gasteiger partial charge >= 0.3 is 0 Å². The van der Waals surface area contributed by atoms with Crippen LogP contribution in [0.3, 0.4) is 0 Å². The lowest BCUT2D eigenvalue weighted by molar-refractivity contribution is 1.29. The van der Waals surface area contributed by atoms with Crippen LogP contribution in [-0.2, 0) is 0 Å². The smallest absolute Gasteiger partial charge is 0.0991 e. The van der Waals surface area contributed by atoms with Crippen LogP contribution in [0, 0.1) is 22.7 Å². The van der Waals surface area contributed by atoms with Crippen molar-refractivity contribution in [3.05, 3.63) is 157 Å². The second kappa shape index (κ2) is 12.1. The van der Waals surface area contributed by atoms with Gasteiger partial charge in [0.2, 0.25) is 0 Å². The molecular formula is C42H24N6. The highest BCUT2D eigenvalue weighted by Gasteiger charge is 2.16. The van der Waals surface area contributed by atoms with Gasteiger partial charge in [-0.15, -0.1) is 0 Å². The molecule has 2 heterocycles. The Morgan fingerprint density at radius 3 is 0.979 bits per heavy atom. The molecular weight excluding hydrogens is 589 g/mol. The van der Waals surface area contributed by atoms with E-state index in [-0.39, 0.29) is 0 Å². The summed E-state index contributed by atoms with van der Waals surface area (Å²) < 4.78 is 0. The van der Waals surface area contributed by atoms with Gasteiger partial charge in [-0.2, -0.15) is 10.5 Å². The van der Waals surface area contributed by atoms with Crippen LogP contribution in [-0.4, -0.2) is 19.9 Å². The summed E-state index contributed by atoms with van der Waals surface area (Å²) in [7, 11) is 0. The third-order valence-corrected chi connectivity index (χ3v) is 8.33. The molecule has 2 aromatic heterocycles. The first-order valence-electron chi connectivity index (χ1n) is 15.4. The van der Waals surface area contributed by atoms with E-state index in [1.54, 1.807) is 24.3 Å². The van der Waals surface area contributed by atoms with Crippen molar-refractivity contribution in [2.75, 3.05) is 0 Å². The summed E-state index contributed by atoms with van der Waals surface area (Å²) in [5.74, 6) is 0. The molecule has 6 aromatic carbocycles. The van der Waals surface area contributed by atoms with Gasteiger partial charge in [0.25, 0.3) is 0 Å². The Hall–Kier alpha value is -7.02. The normalized spacial score (nSPS) is 10.9. The second-order valence-electron chi connectivity index (χ2n) is 11.4. The lowest BCUT2D eigenvalue weighted by Crippen LogP contribution is -1.97.